The third-order valence-corrected chi connectivity index (χ3v) is 5.14. The Morgan fingerprint density at radius 2 is 1.96 bits per heavy atom. The van der Waals surface area contributed by atoms with Crippen molar-refractivity contribution < 1.29 is 9.32 Å². The molecule has 0 saturated heterocycles. The van der Waals surface area contributed by atoms with Crippen LogP contribution < -0.4 is 5.32 Å². The molecule has 3 rings (SSSR count). The van der Waals surface area contributed by atoms with E-state index in [1.807, 2.05) is 56.3 Å². The molecule has 0 aliphatic heterocycles. The van der Waals surface area contributed by atoms with Crippen molar-refractivity contribution >= 4 is 29.3 Å². The van der Waals surface area contributed by atoms with E-state index in [1.165, 1.54) is 17.3 Å². The molecule has 2 aromatic carbocycles. The van der Waals surface area contributed by atoms with Crippen LogP contribution in [-0.4, -0.2) is 21.3 Å². The predicted molar refractivity (Wildman–Crippen MR) is 103 cm³/mol. The minimum Gasteiger partial charge on any atom is -0.346 e. The van der Waals surface area contributed by atoms with Crippen LogP contribution in [-0.2, 0) is 11.3 Å². The van der Waals surface area contributed by atoms with E-state index in [0.29, 0.717) is 22.3 Å². The van der Waals surface area contributed by atoms with E-state index in [9.17, 15) is 4.79 Å². The van der Waals surface area contributed by atoms with Gasteiger partial charge < -0.3 is 9.84 Å². The number of thioether (sulfide) groups is 1. The van der Waals surface area contributed by atoms with Crippen LogP contribution in [0.2, 0.25) is 5.02 Å². The molecular weight excluding hydrogens is 370 g/mol. The average Bonchev–Trinajstić information content (AvgIpc) is 3.10. The Hall–Kier alpha value is -2.31. The van der Waals surface area contributed by atoms with Gasteiger partial charge in [0.25, 0.3) is 0 Å². The third-order valence-electron chi connectivity index (χ3n) is 3.70. The van der Waals surface area contributed by atoms with Crippen molar-refractivity contribution in [3.8, 4) is 11.4 Å². The molecule has 0 aliphatic carbocycles. The molecule has 1 heterocycles. The molecule has 1 atom stereocenters. The molecule has 0 saturated carbocycles. The molecule has 7 heteroatoms. The van der Waals surface area contributed by atoms with E-state index >= 15 is 0 Å². The van der Waals surface area contributed by atoms with Crippen molar-refractivity contribution in [3.05, 3.63) is 65.0 Å². The van der Waals surface area contributed by atoms with Gasteiger partial charge in [0.05, 0.1) is 16.8 Å². The van der Waals surface area contributed by atoms with E-state index in [0.717, 1.165) is 4.90 Å². The first-order valence-electron chi connectivity index (χ1n) is 8.11. The maximum Gasteiger partial charge on any atom is 0.246 e. The summed E-state index contributed by atoms with van der Waals surface area (Å²) in [5.41, 5.74) is 1.89. The van der Waals surface area contributed by atoms with Crippen LogP contribution in [0, 0.1) is 6.92 Å². The van der Waals surface area contributed by atoms with Gasteiger partial charge in [0, 0.05) is 10.5 Å². The Bertz CT molecular complexity index is 896. The van der Waals surface area contributed by atoms with Crippen molar-refractivity contribution in [1.29, 1.82) is 0 Å². The molecule has 134 valence electrons. The lowest BCUT2D eigenvalue weighted by molar-refractivity contribution is -0.120. The van der Waals surface area contributed by atoms with Crippen molar-refractivity contribution in [2.75, 3.05) is 0 Å². The molecule has 26 heavy (non-hydrogen) atoms. The average molecular weight is 388 g/mol. The van der Waals surface area contributed by atoms with Gasteiger partial charge in [0.15, 0.2) is 0 Å². The smallest absolute Gasteiger partial charge is 0.246 e. The van der Waals surface area contributed by atoms with Crippen LogP contribution in [0.1, 0.15) is 18.4 Å². The van der Waals surface area contributed by atoms with Gasteiger partial charge in [-0.2, -0.15) is 4.98 Å². The highest BCUT2D eigenvalue weighted by atomic mass is 35.5. The topological polar surface area (TPSA) is 68.0 Å². The predicted octanol–water partition coefficient (Wildman–Crippen LogP) is 4.50. The number of hydrogen-bond acceptors (Lipinski definition) is 5. The first kappa shape index (κ1) is 18.5. The van der Waals surface area contributed by atoms with Crippen LogP contribution in [0.15, 0.2) is 57.9 Å². The van der Waals surface area contributed by atoms with Crippen LogP contribution >= 0.6 is 23.4 Å². The normalized spacial score (nSPS) is 12.0. The van der Waals surface area contributed by atoms with Crippen LogP contribution in [0.5, 0.6) is 0 Å². The summed E-state index contributed by atoms with van der Waals surface area (Å²) in [4.78, 5) is 17.6. The first-order chi connectivity index (χ1) is 12.5. The van der Waals surface area contributed by atoms with Crippen LogP contribution in [0.3, 0.4) is 0 Å². The molecule has 1 aromatic heterocycles. The summed E-state index contributed by atoms with van der Waals surface area (Å²) >= 11 is 7.63. The second kappa shape index (κ2) is 8.38. The van der Waals surface area contributed by atoms with Gasteiger partial charge >= 0.3 is 0 Å². The van der Waals surface area contributed by atoms with E-state index in [2.05, 4.69) is 15.5 Å². The highest BCUT2D eigenvalue weighted by Crippen LogP contribution is 2.25. The summed E-state index contributed by atoms with van der Waals surface area (Å²) in [5, 5.41) is 7.06. The van der Waals surface area contributed by atoms with E-state index in [4.69, 9.17) is 16.1 Å². The summed E-state index contributed by atoms with van der Waals surface area (Å²) in [6, 6.07) is 15.3. The van der Waals surface area contributed by atoms with E-state index in [-0.39, 0.29) is 17.7 Å². The van der Waals surface area contributed by atoms with Gasteiger partial charge in [0.2, 0.25) is 17.6 Å². The zero-order valence-corrected chi connectivity index (χ0v) is 16.0. The number of benzene rings is 2. The molecule has 0 fully saturated rings. The van der Waals surface area contributed by atoms with Crippen LogP contribution in [0.4, 0.5) is 0 Å². The SMILES string of the molecule is Cc1ccc(S[C@H](C)C(=O)NCc2nc(-c3ccccc3Cl)no2)cc1. The number of aromatic nitrogens is 2. The summed E-state index contributed by atoms with van der Waals surface area (Å²) in [7, 11) is 0. The lowest BCUT2D eigenvalue weighted by Crippen LogP contribution is -2.30. The largest absolute Gasteiger partial charge is 0.346 e. The summed E-state index contributed by atoms with van der Waals surface area (Å²) in [6.07, 6.45) is 0. The maximum absolute atomic E-state index is 12.3. The summed E-state index contributed by atoms with van der Waals surface area (Å²) < 4.78 is 5.19. The lowest BCUT2D eigenvalue weighted by Gasteiger charge is -2.11. The summed E-state index contributed by atoms with van der Waals surface area (Å²) in [6.45, 7) is 4.07. The molecule has 1 N–H and O–H groups in total. The van der Waals surface area contributed by atoms with Crippen molar-refractivity contribution in [1.82, 2.24) is 15.5 Å². The van der Waals surface area contributed by atoms with E-state index in [1.54, 1.807) is 6.07 Å². The molecule has 0 aliphatic rings. The van der Waals surface area contributed by atoms with Gasteiger partial charge in [-0.15, -0.1) is 11.8 Å². The molecule has 0 bridgehead atoms. The number of amides is 1. The van der Waals surface area contributed by atoms with Gasteiger partial charge in [-0.3, -0.25) is 4.79 Å². The van der Waals surface area contributed by atoms with Gasteiger partial charge in [0.1, 0.15) is 0 Å². The Labute approximate surface area is 161 Å². The molecule has 0 radical (unpaired) electrons. The minimum absolute atomic E-state index is 0.0898. The fourth-order valence-corrected chi connectivity index (χ4v) is 3.37. The second-order valence-electron chi connectivity index (χ2n) is 5.78. The highest BCUT2D eigenvalue weighted by molar-refractivity contribution is 8.00. The number of rotatable bonds is 6. The van der Waals surface area contributed by atoms with Gasteiger partial charge in [-0.1, -0.05) is 46.6 Å². The van der Waals surface area contributed by atoms with Crippen molar-refractivity contribution in [2.24, 2.45) is 0 Å². The third kappa shape index (κ3) is 4.65. The quantitative estimate of drug-likeness (QED) is 0.631. The Kier molecular flexibility index (Phi) is 5.96. The Morgan fingerprint density at radius 1 is 1.23 bits per heavy atom. The number of carbonyl (C=O) groups is 1. The number of nitrogens with zero attached hydrogens (tertiary/aromatic N) is 2. The van der Waals surface area contributed by atoms with Gasteiger partial charge in [-0.25, -0.2) is 0 Å². The fraction of sp³-hybridized carbons (Fsp3) is 0.211. The zero-order chi connectivity index (χ0) is 18.5. The molecule has 0 spiro atoms. The monoisotopic (exact) mass is 387 g/mol. The second-order valence-corrected chi connectivity index (χ2v) is 7.60. The first-order valence-corrected chi connectivity index (χ1v) is 9.37. The number of carbonyl (C=O) groups excluding carboxylic acids is 1. The molecule has 5 nitrogen and oxygen atoms in total. The Morgan fingerprint density at radius 3 is 2.69 bits per heavy atom. The lowest BCUT2D eigenvalue weighted by atomic mass is 10.2. The number of aryl methyl sites for hydroxylation is 1. The zero-order valence-electron chi connectivity index (χ0n) is 14.4. The molecular formula is C19H18ClN3O2S. The number of halogens is 1. The minimum atomic E-state index is -0.233. The molecule has 3 aromatic rings. The van der Waals surface area contributed by atoms with E-state index < -0.39 is 0 Å². The maximum atomic E-state index is 12.3. The summed E-state index contributed by atoms with van der Waals surface area (Å²) in [5.74, 6) is 0.649. The van der Waals surface area contributed by atoms with Crippen LogP contribution in [0.25, 0.3) is 11.4 Å². The van der Waals surface area contributed by atoms with Gasteiger partial charge in [-0.05, 0) is 38.1 Å². The molecule has 0 unspecified atom stereocenters. The number of hydrogen-bond donors (Lipinski definition) is 1. The standard InChI is InChI=1S/C19H18ClN3O2S/c1-12-7-9-14(10-8-12)26-13(2)19(24)21-11-17-22-18(23-25-17)15-5-3-4-6-16(15)20/h3-10,13H,11H2,1-2H3,(H,21,24)/t13-/m1/s1. The fourth-order valence-electron chi connectivity index (χ4n) is 2.26. The number of nitrogens with one attached hydrogen (secondary N) is 1. The highest BCUT2D eigenvalue weighted by Gasteiger charge is 2.16. The van der Waals surface area contributed by atoms with Crippen molar-refractivity contribution in [2.45, 2.75) is 30.5 Å². The van der Waals surface area contributed by atoms with Crippen molar-refractivity contribution in [3.63, 3.8) is 0 Å². The Balaban J connectivity index is 1.56. The molecule has 1 amide bonds.